The van der Waals surface area contributed by atoms with E-state index in [1.54, 1.807) is 22.8 Å². The van der Waals surface area contributed by atoms with Gasteiger partial charge in [-0.3, -0.25) is 14.2 Å². The molecule has 0 bridgehead atoms. The highest BCUT2D eigenvalue weighted by atomic mass is 35.5. The summed E-state index contributed by atoms with van der Waals surface area (Å²) in [5.41, 5.74) is 0.515. The fourth-order valence-corrected chi connectivity index (χ4v) is 4.61. The van der Waals surface area contributed by atoms with E-state index >= 15 is 0 Å². The Morgan fingerprint density at radius 1 is 1.21 bits per heavy atom. The molecule has 0 unspecified atom stereocenters. The first-order chi connectivity index (χ1) is 13.4. The number of nitrogens with zero attached hydrogens (tertiary/aromatic N) is 3. The average Bonchev–Trinajstić information content (AvgIpc) is 2.67. The van der Waals surface area contributed by atoms with E-state index in [0.29, 0.717) is 33.5 Å². The SMILES string of the molecule is CC(C)CCn1c(S[C@H](C)C(=O)N2CCCCC2)nc2cc(Cl)ccc2c1=O. The fraction of sp³-hybridized carbons (Fsp3) is 0.571. The van der Waals surface area contributed by atoms with Crippen LogP contribution in [0.2, 0.25) is 5.02 Å². The second kappa shape index (κ2) is 9.31. The predicted octanol–water partition coefficient (Wildman–Crippen LogP) is 4.59. The average molecular weight is 422 g/mol. The standard InChI is InChI=1S/C21H28ClN3O2S/c1-14(2)9-12-25-20(27)17-8-7-16(22)13-18(17)23-21(25)28-15(3)19(26)24-10-5-4-6-11-24/h7-8,13-15H,4-6,9-12H2,1-3H3/t15-/m1/s1. The number of hydrogen-bond acceptors (Lipinski definition) is 4. The van der Waals surface area contributed by atoms with Crippen molar-refractivity contribution >= 4 is 40.2 Å². The lowest BCUT2D eigenvalue weighted by molar-refractivity contribution is -0.131. The monoisotopic (exact) mass is 421 g/mol. The van der Waals surface area contributed by atoms with Crippen LogP contribution in [-0.4, -0.2) is 38.7 Å². The van der Waals surface area contributed by atoms with Gasteiger partial charge >= 0.3 is 0 Å². The van der Waals surface area contributed by atoms with E-state index in [0.717, 1.165) is 32.4 Å². The maximum Gasteiger partial charge on any atom is 0.262 e. The number of hydrogen-bond donors (Lipinski definition) is 0. The van der Waals surface area contributed by atoms with Crippen molar-refractivity contribution < 1.29 is 4.79 Å². The van der Waals surface area contributed by atoms with E-state index in [1.807, 2.05) is 11.8 Å². The highest BCUT2D eigenvalue weighted by molar-refractivity contribution is 8.00. The van der Waals surface area contributed by atoms with Gasteiger partial charge in [-0.15, -0.1) is 0 Å². The number of thioether (sulfide) groups is 1. The number of aromatic nitrogens is 2. The first-order valence-electron chi connectivity index (χ1n) is 10.0. The number of carbonyl (C=O) groups is 1. The van der Waals surface area contributed by atoms with Crippen molar-refractivity contribution in [1.82, 2.24) is 14.5 Å². The summed E-state index contributed by atoms with van der Waals surface area (Å²) in [6, 6.07) is 5.16. The molecular formula is C21H28ClN3O2S. The third-order valence-corrected chi connectivity index (χ3v) is 6.42. The number of carbonyl (C=O) groups excluding carboxylic acids is 1. The predicted molar refractivity (Wildman–Crippen MR) is 116 cm³/mol. The van der Waals surface area contributed by atoms with Crippen LogP contribution in [0.1, 0.15) is 46.5 Å². The summed E-state index contributed by atoms with van der Waals surface area (Å²) in [6.45, 7) is 8.41. The van der Waals surface area contributed by atoms with Crippen LogP contribution < -0.4 is 5.56 Å². The molecule has 1 amide bonds. The van der Waals surface area contributed by atoms with E-state index < -0.39 is 0 Å². The second-order valence-electron chi connectivity index (χ2n) is 7.84. The van der Waals surface area contributed by atoms with Gasteiger partial charge in [0.05, 0.1) is 16.2 Å². The van der Waals surface area contributed by atoms with Gasteiger partial charge in [0, 0.05) is 24.7 Å². The molecule has 1 aromatic heterocycles. The number of benzene rings is 1. The Labute approximate surface area is 175 Å². The molecule has 1 aliphatic rings. The molecule has 1 aliphatic heterocycles. The van der Waals surface area contributed by atoms with Crippen molar-refractivity contribution in [3.8, 4) is 0 Å². The topological polar surface area (TPSA) is 55.2 Å². The normalized spacial score (nSPS) is 16.0. The molecule has 1 saturated heterocycles. The Hall–Kier alpha value is -1.53. The van der Waals surface area contributed by atoms with Crippen LogP contribution in [0.5, 0.6) is 0 Å². The summed E-state index contributed by atoms with van der Waals surface area (Å²) in [6.07, 6.45) is 4.19. The molecule has 1 aromatic carbocycles. The van der Waals surface area contributed by atoms with E-state index in [1.165, 1.54) is 18.2 Å². The molecule has 0 spiro atoms. The molecular weight excluding hydrogens is 394 g/mol. The Bertz CT molecular complexity index is 906. The zero-order valence-corrected chi connectivity index (χ0v) is 18.4. The third-order valence-electron chi connectivity index (χ3n) is 5.11. The van der Waals surface area contributed by atoms with E-state index in [-0.39, 0.29) is 16.7 Å². The molecule has 7 heteroatoms. The number of halogens is 1. The molecule has 0 radical (unpaired) electrons. The van der Waals surface area contributed by atoms with Gasteiger partial charge in [0.25, 0.3) is 5.56 Å². The maximum atomic E-state index is 13.1. The van der Waals surface area contributed by atoms with Crippen molar-refractivity contribution in [2.75, 3.05) is 13.1 Å². The van der Waals surface area contributed by atoms with Gasteiger partial charge in [-0.1, -0.05) is 37.2 Å². The molecule has 152 valence electrons. The van der Waals surface area contributed by atoms with Crippen LogP contribution in [0.3, 0.4) is 0 Å². The lowest BCUT2D eigenvalue weighted by Gasteiger charge is -2.29. The summed E-state index contributed by atoms with van der Waals surface area (Å²) in [7, 11) is 0. The minimum Gasteiger partial charge on any atom is -0.342 e. The molecule has 0 aliphatic carbocycles. The summed E-state index contributed by atoms with van der Waals surface area (Å²) in [5.74, 6) is 0.596. The van der Waals surface area contributed by atoms with Gasteiger partial charge < -0.3 is 4.90 Å². The van der Waals surface area contributed by atoms with Crippen LogP contribution >= 0.6 is 23.4 Å². The molecule has 1 atom stereocenters. The summed E-state index contributed by atoms with van der Waals surface area (Å²) in [5, 5.41) is 1.42. The quantitative estimate of drug-likeness (QED) is 0.505. The van der Waals surface area contributed by atoms with Crippen LogP contribution in [0, 0.1) is 5.92 Å². The smallest absolute Gasteiger partial charge is 0.262 e. The molecule has 5 nitrogen and oxygen atoms in total. The third kappa shape index (κ3) is 4.90. The molecule has 3 rings (SSSR count). The van der Waals surface area contributed by atoms with Crippen LogP contribution in [0.4, 0.5) is 0 Å². The zero-order chi connectivity index (χ0) is 20.3. The summed E-state index contributed by atoms with van der Waals surface area (Å²) in [4.78, 5) is 32.6. The van der Waals surface area contributed by atoms with Crippen molar-refractivity contribution in [1.29, 1.82) is 0 Å². The number of fused-ring (bicyclic) bond motifs is 1. The van der Waals surface area contributed by atoms with Gasteiger partial charge in [0.1, 0.15) is 0 Å². The zero-order valence-electron chi connectivity index (χ0n) is 16.8. The highest BCUT2D eigenvalue weighted by Gasteiger charge is 2.25. The molecule has 2 heterocycles. The van der Waals surface area contributed by atoms with Crippen molar-refractivity contribution in [2.24, 2.45) is 5.92 Å². The molecule has 2 aromatic rings. The molecule has 1 fully saturated rings. The van der Waals surface area contributed by atoms with Crippen molar-refractivity contribution in [3.05, 3.63) is 33.6 Å². The van der Waals surface area contributed by atoms with E-state index in [9.17, 15) is 9.59 Å². The van der Waals surface area contributed by atoms with E-state index in [4.69, 9.17) is 16.6 Å². The van der Waals surface area contributed by atoms with E-state index in [2.05, 4.69) is 13.8 Å². The first kappa shape index (κ1) is 21.2. The van der Waals surface area contributed by atoms with Gasteiger partial charge in [-0.25, -0.2) is 4.98 Å². The largest absolute Gasteiger partial charge is 0.342 e. The summed E-state index contributed by atoms with van der Waals surface area (Å²) >= 11 is 7.48. The van der Waals surface area contributed by atoms with Crippen LogP contribution in [-0.2, 0) is 11.3 Å². The number of piperidine rings is 1. The van der Waals surface area contributed by atoms with Crippen LogP contribution in [0.15, 0.2) is 28.2 Å². The first-order valence-corrected chi connectivity index (χ1v) is 11.3. The van der Waals surface area contributed by atoms with Crippen LogP contribution in [0.25, 0.3) is 10.9 Å². The van der Waals surface area contributed by atoms with Gasteiger partial charge in [-0.05, 0) is 56.7 Å². The number of amides is 1. The molecule has 0 saturated carbocycles. The van der Waals surface area contributed by atoms with Crippen molar-refractivity contribution in [2.45, 2.75) is 63.4 Å². The minimum atomic E-state index is -0.285. The van der Waals surface area contributed by atoms with Gasteiger partial charge in [-0.2, -0.15) is 0 Å². The van der Waals surface area contributed by atoms with Crippen molar-refractivity contribution in [3.63, 3.8) is 0 Å². The Kier molecular flexibility index (Phi) is 7.05. The second-order valence-corrected chi connectivity index (χ2v) is 9.59. The lowest BCUT2D eigenvalue weighted by atomic mass is 10.1. The summed E-state index contributed by atoms with van der Waals surface area (Å²) < 4.78 is 1.72. The Balaban J connectivity index is 1.93. The maximum absolute atomic E-state index is 13.1. The Morgan fingerprint density at radius 3 is 2.61 bits per heavy atom. The highest BCUT2D eigenvalue weighted by Crippen LogP contribution is 2.26. The molecule has 0 N–H and O–H groups in total. The van der Waals surface area contributed by atoms with Gasteiger partial charge in [0.2, 0.25) is 5.91 Å². The lowest BCUT2D eigenvalue weighted by Crippen LogP contribution is -2.40. The number of rotatable bonds is 6. The molecule has 28 heavy (non-hydrogen) atoms. The van der Waals surface area contributed by atoms with Gasteiger partial charge in [0.15, 0.2) is 5.16 Å². The number of likely N-dealkylation sites (tertiary alicyclic amines) is 1. The Morgan fingerprint density at radius 2 is 1.93 bits per heavy atom. The minimum absolute atomic E-state index is 0.0672. The fourth-order valence-electron chi connectivity index (χ4n) is 3.43.